The lowest BCUT2D eigenvalue weighted by atomic mass is 9.89. The molecule has 0 radical (unpaired) electrons. The van der Waals surface area contributed by atoms with E-state index < -0.39 is 11.9 Å². The van der Waals surface area contributed by atoms with Crippen molar-refractivity contribution in [2.24, 2.45) is 5.84 Å². The predicted octanol–water partition coefficient (Wildman–Crippen LogP) is 4.00. The minimum atomic E-state index is -0.464. The van der Waals surface area contributed by atoms with Crippen LogP contribution in [0, 0.1) is 11.3 Å². The number of likely N-dealkylation sites (tertiary alicyclic amines) is 1. The number of urea groups is 1. The van der Waals surface area contributed by atoms with Gasteiger partial charge >= 0.3 is 6.03 Å². The first-order chi connectivity index (χ1) is 14.5. The number of nitrogens with zero attached hydrogens (tertiary/aromatic N) is 3. The maximum atomic E-state index is 12.9. The Balaban J connectivity index is 1.64. The topological polar surface area (TPSA) is 90.4 Å². The average molecular weight is 405 g/mol. The highest BCUT2D eigenvalue weighted by atomic mass is 16.2. The minimum Gasteiger partial charge on any atom is -0.323 e. The van der Waals surface area contributed by atoms with Crippen LogP contribution in [0.4, 0.5) is 4.79 Å². The number of nitriles is 1. The predicted molar refractivity (Wildman–Crippen MR) is 116 cm³/mol. The fourth-order valence-corrected chi connectivity index (χ4v) is 3.97. The van der Waals surface area contributed by atoms with E-state index in [0.717, 1.165) is 35.4 Å². The molecule has 30 heavy (non-hydrogen) atoms. The molecule has 156 valence electrons. The Morgan fingerprint density at radius 2 is 1.77 bits per heavy atom. The van der Waals surface area contributed by atoms with E-state index >= 15 is 0 Å². The Kier molecular flexibility index (Phi) is 6.86. The number of hydrogen-bond acceptors (Lipinski definition) is 4. The second-order valence-corrected chi connectivity index (χ2v) is 7.65. The van der Waals surface area contributed by atoms with Gasteiger partial charge in [0.15, 0.2) is 0 Å². The van der Waals surface area contributed by atoms with Crippen LogP contribution in [0.1, 0.15) is 65.2 Å². The molecule has 2 N–H and O–H groups in total. The standard InChI is InChI=1S/C24H28N4O2/c1-3-17-7-10-22(19(4-2)15-17)23(29)28(26)24(30)27-13-11-21(12-14-27)20-8-5-18(16-25)6-9-20/h5-10,15,21H,3-4,11-14,26H2,1-2H3. The number of aryl methyl sites for hydroxylation is 2. The maximum Gasteiger partial charge on any atom is 0.341 e. The molecule has 1 aliphatic heterocycles. The van der Waals surface area contributed by atoms with Gasteiger partial charge in [0.2, 0.25) is 0 Å². The summed E-state index contributed by atoms with van der Waals surface area (Å²) in [7, 11) is 0. The molecule has 0 unspecified atom stereocenters. The largest absolute Gasteiger partial charge is 0.341 e. The summed E-state index contributed by atoms with van der Waals surface area (Å²) in [6, 6.07) is 15.0. The van der Waals surface area contributed by atoms with Gasteiger partial charge in [-0.1, -0.05) is 38.1 Å². The van der Waals surface area contributed by atoms with E-state index in [9.17, 15) is 9.59 Å². The van der Waals surface area contributed by atoms with E-state index in [0.29, 0.717) is 36.6 Å². The Morgan fingerprint density at radius 3 is 2.33 bits per heavy atom. The third kappa shape index (κ3) is 4.52. The molecular weight excluding hydrogens is 376 g/mol. The zero-order valence-corrected chi connectivity index (χ0v) is 17.6. The van der Waals surface area contributed by atoms with E-state index in [-0.39, 0.29) is 0 Å². The van der Waals surface area contributed by atoms with Gasteiger partial charge in [-0.2, -0.15) is 10.3 Å². The first-order valence-corrected chi connectivity index (χ1v) is 10.5. The van der Waals surface area contributed by atoms with Gasteiger partial charge in [0.25, 0.3) is 5.91 Å². The van der Waals surface area contributed by atoms with Crippen LogP contribution in [0.25, 0.3) is 0 Å². The molecule has 3 amide bonds. The third-order valence-corrected chi connectivity index (χ3v) is 5.89. The zero-order valence-electron chi connectivity index (χ0n) is 17.6. The summed E-state index contributed by atoms with van der Waals surface area (Å²) in [5.41, 5.74) is 4.36. The highest BCUT2D eigenvalue weighted by Crippen LogP contribution is 2.28. The second kappa shape index (κ2) is 9.55. The van der Waals surface area contributed by atoms with Gasteiger partial charge in [0, 0.05) is 18.7 Å². The van der Waals surface area contributed by atoms with Gasteiger partial charge in [-0.3, -0.25) is 4.79 Å². The van der Waals surface area contributed by atoms with Crippen molar-refractivity contribution in [1.82, 2.24) is 9.91 Å². The Morgan fingerprint density at radius 1 is 1.10 bits per heavy atom. The van der Waals surface area contributed by atoms with Crippen LogP contribution in [0.5, 0.6) is 0 Å². The molecule has 1 heterocycles. The van der Waals surface area contributed by atoms with Crippen molar-refractivity contribution in [2.75, 3.05) is 13.1 Å². The first-order valence-electron chi connectivity index (χ1n) is 10.5. The number of piperidine rings is 1. The van der Waals surface area contributed by atoms with E-state index in [2.05, 4.69) is 13.0 Å². The summed E-state index contributed by atoms with van der Waals surface area (Å²) in [6.45, 7) is 5.14. The summed E-state index contributed by atoms with van der Waals surface area (Å²) < 4.78 is 0. The average Bonchev–Trinajstić information content (AvgIpc) is 2.82. The van der Waals surface area contributed by atoms with Crippen LogP contribution in [0.3, 0.4) is 0 Å². The summed E-state index contributed by atoms with van der Waals surface area (Å²) >= 11 is 0. The van der Waals surface area contributed by atoms with Gasteiger partial charge in [-0.05, 0) is 66.5 Å². The van der Waals surface area contributed by atoms with Crippen molar-refractivity contribution in [2.45, 2.75) is 45.4 Å². The molecule has 0 atom stereocenters. The smallest absolute Gasteiger partial charge is 0.323 e. The van der Waals surface area contributed by atoms with Crippen molar-refractivity contribution in [3.8, 4) is 6.07 Å². The number of carbonyl (C=O) groups excluding carboxylic acids is 2. The molecule has 2 aromatic carbocycles. The first kappa shape index (κ1) is 21.5. The van der Waals surface area contributed by atoms with Crippen molar-refractivity contribution >= 4 is 11.9 Å². The van der Waals surface area contributed by atoms with Crippen molar-refractivity contribution in [1.29, 1.82) is 5.26 Å². The third-order valence-electron chi connectivity index (χ3n) is 5.89. The van der Waals surface area contributed by atoms with E-state index in [1.807, 2.05) is 43.3 Å². The summed E-state index contributed by atoms with van der Waals surface area (Å²) in [5.74, 6) is 5.82. The molecule has 0 aromatic heterocycles. The van der Waals surface area contributed by atoms with Crippen LogP contribution >= 0.6 is 0 Å². The van der Waals surface area contributed by atoms with Crippen LogP contribution in [-0.2, 0) is 12.8 Å². The molecule has 1 aliphatic rings. The maximum absolute atomic E-state index is 12.9. The lowest BCUT2D eigenvalue weighted by Gasteiger charge is -2.34. The number of rotatable bonds is 4. The van der Waals surface area contributed by atoms with E-state index in [1.165, 1.54) is 5.56 Å². The highest BCUT2D eigenvalue weighted by Gasteiger charge is 2.30. The van der Waals surface area contributed by atoms with Gasteiger partial charge in [0.05, 0.1) is 11.6 Å². The molecule has 1 saturated heterocycles. The monoisotopic (exact) mass is 404 g/mol. The van der Waals surface area contributed by atoms with E-state index in [4.69, 9.17) is 11.1 Å². The summed E-state index contributed by atoms with van der Waals surface area (Å²) in [5, 5.41) is 9.69. The Hall–Kier alpha value is -3.17. The van der Waals surface area contributed by atoms with Crippen LogP contribution < -0.4 is 5.84 Å². The number of amides is 3. The molecule has 2 aromatic rings. The molecular formula is C24H28N4O2. The Labute approximate surface area is 177 Å². The van der Waals surface area contributed by atoms with Crippen LogP contribution in [0.2, 0.25) is 0 Å². The normalized spacial score (nSPS) is 14.3. The van der Waals surface area contributed by atoms with Crippen molar-refractivity contribution in [3.05, 3.63) is 70.3 Å². The van der Waals surface area contributed by atoms with Crippen LogP contribution in [-0.4, -0.2) is 34.9 Å². The van der Waals surface area contributed by atoms with Crippen molar-refractivity contribution < 1.29 is 9.59 Å². The summed E-state index contributed by atoms with van der Waals surface area (Å²) in [6.07, 6.45) is 3.18. The molecule has 0 aliphatic carbocycles. The van der Waals surface area contributed by atoms with Gasteiger partial charge in [-0.25, -0.2) is 10.6 Å². The fourth-order valence-electron chi connectivity index (χ4n) is 3.97. The molecule has 1 fully saturated rings. The number of hydrogen-bond donors (Lipinski definition) is 1. The molecule has 6 heteroatoms. The lowest BCUT2D eigenvalue weighted by molar-refractivity contribution is 0.0744. The van der Waals surface area contributed by atoms with Gasteiger partial charge < -0.3 is 4.90 Å². The lowest BCUT2D eigenvalue weighted by Crippen LogP contribution is -2.52. The zero-order chi connectivity index (χ0) is 21.7. The number of nitrogens with two attached hydrogens (primary N) is 1. The molecule has 6 nitrogen and oxygen atoms in total. The fraction of sp³-hybridized carbons (Fsp3) is 0.375. The number of hydrazine groups is 1. The molecule has 0 saturated carbocycles. The van der Waals surface area contributed by atoms with Gasteiger partial charge in [0.1, 0.15) is 0 Å². The number of benzene rings is 2. The molecule has 0 bridgehead atoms. The summed E-state index contributed by atoms with van der Waals surface area (Å²) in [4.78, 5) is 27.4. The SMILES string of the molecule is CCc1ccc(C(=O)N(N)C(=O)N2CCC(c3ccc(C#N)cc3)CC2)c(CC)c1. The highest BCUT2D eigenvalue weighted by molar-refractivity contribution is 6.04. The van der Waals surface area contributed by atoms with E-state index in [1.54, 1.807) is 11.0 Å². The number of carbonyl (C=O) groups is 2. The molecule has 0 spiro atoms. The Bertz CT molecular complexity index is 954. The molecule has 3 rings (SSSR count). The second-order valence-electron chi connectivity index (χ2n) is 7.65. The van der Waals surface area contributed by atoms with Gasteiger partial charge in [-0.15, -0.1) is 0 Å². The number of imide groups is 1. The quantitative estimate of drug-likeness (QED) is 0.474. The van der Waals surface area contributed by atoms with Crippen molar-refractivity contribution in [3.63, 3.8) is 0 Å². The minimum absolute atomic E-state index is 0.331. The van der Waals surface area contributed by atoms with Crippen LogP contribution in [0.15, 0.2) is 42.5 Å².